The standard InChI is InChI=1S/C20H27N3O2/c1-2-20(14-5-4-10-23-13-14)25-16-7-3-6-15(11-16)24-17-8-9-18(21)19(22)12-17/h3,6-9,11-12,14,20,23H,2,4-5,10,13,21-22H2,1H3. The van der Waals surface area contributed by atoms with Crippen LogP contribution in [0.5, 0.6) is 17.2 Å². The summed E-state index contributed by atoms with van der Waals surface area (Å²) in [5, 5.41) is 3.46. The van der Waals surface area contributed by atoms with Crippen molar-refractivity contribution in [2.24, 2.45) is 5.92 Å². The van der Waals surface area contributed by atoms with Gasteiger partial charge in [-0.05, 0) is 50.1 Å². The fourth-order valence-corrected chi connectivity index (χ4v) is 3.25. The largest absolute Gasteiger partial charge is 0.490 e. The van der Waals surface area contributed by atoms with E-state index in [0.29, 0.717) is 23.0 Å². The summed E-state index contributed by atoms with van der Waals surface area (Å²) in [4.78, 5) is 0. The molecule has 25 heavy (non-hydrogen) atoms. The summed E-state index contributed by atoms with van der Waals surface area (Å²) in [6.07, 6.45) is 3.64. The van der Waals surface area contributed by atoms with Crippen molar-refractivity contribution >= 4 is 11.4 Å². The van der Waals surface area contributed by atoms with E-state index >= 15 is 0 Å². The van der Waals surface area contributed by atoms with Crippen LogP contribution in [0.3, 0.4) is 0 Å². The van der Waals surface area contributed by atoms with Gasteiger partial charge in [-0.3, -0.25) is 0 Å². The van der Waals surface area contributed by atoms with Crippen molar-refractivity contribution in [2.45, 2.75) is 32.3 Å². The number of hydrogen-bond donors (Lipinski definition) is 3. The highest BCUT2D eigenvalue weighted by molar-refractivity contribution is 5.65. The van der Waals surface area contributed by atoms with E-state index in [9.17, 15) is 0 Å². The molecule has 0 aliphatic carbocycles. The minimum atomic E-state index is 0.218. The van der Waals surface area contributed by atoms with Crippen LogP contribution in [-0.2, 0) is 0 Å². The van der Waals surface area contributed by atoms with Crippen LogP contribution in [0.4, 0.5) is 11.4 Å². The molecule has 0 radical (unpaired) electrons. The van der Waals surface area contributed by atoms with E-state index in [1.807, 2.05) is 30.3 Å². The Bertz CT molecular complexity index is 699. The number of piperidine rings is 1. The number of hydrogen-bond acceptors (Lipinski definition) is 5. The topological polar surface area (TPSA) is 82.5 Å². The second kappa shape index (κ2) is 8.12. The Morgan fingerprint density at radius 3 is 2.60 bits per heavy atom. The summed E-state index contributed by atoms with van der Waals surface area (Å²) >= 11 is 0. The Morgan fingerprint density at radius 2 is 1.88 bits per heavy atom. The fraction of sp³-hybridized carbons (Fsp3) is 0.400. The van der Waals surface area contributed by atoms with E-state index in [1.54, 1.807) is 12.1 Å². The molecule has 5 N–H and O–H groups in total. The zero-order valence-electron chi connectivity index (χ0n) is 14.7. The highest BCUT2D eigenvalue weighted by atomic mass is 16.5. The van der Waals surface area contributed by atoms with Gasteiger partial charge in [0.05, 0.1) is 11.4 Å². The van der Waals surface area contributed by atoms with E-state index in [-0.39, 0.29) is 6.10 Å². The summed E-state index contributed by atoms with van der Waals surface area (Å²) in [6.45, 7) is 4.32. The Balaban J connectivity index is 1.68. The lowest BCUT2D eigenvalue weighted by Gasteiger charge is -2.30. The molecule has 1 saturated heterocycles. The Morgan fingerprint density at radius 1 is 1.08 bits per heavy atom. The van der Waals surface area contributed by atoms with Crippen LogP contribution in [0.25, 0.3) is 0 Å². The van der Waals surface area contributed by atoms with E-state index in [1.165, 1.54) is 12.8 Å². The monoisotopic (exact) mass is 341 g/mol. The zero-order valence-corrected chi connectivity index (χ0v) is 14.7. The first-order chi connectivity index (χ1) is 12.2. The highest BCUT2D eigenvalue weighted by Crippen LogP contribution is 2.30. The summed E-state index contributed by atoms with van der Waals surface area (Å²) in [5.74, 6) is 2.77. The second-order valence-corrected chi connectivity index (χ2v) is 6.54. The fourth-order valence-electron chi connectivity index (χ4n) is 3.25. The maximum absolute atomic E-state index is 6.26. The third-order valence-corrected chi connectivity index (χ3v) is 4.65. The van der Waals surface area contributed by atoms with Crippen LogP contribution in [0.1, 0.15) is 26.2 Å². The molecule has 1 fully saturated rings. The molecule has 1 heterocycles. The third kappa shape index (κ3) is 4.57. The van der Waals surface area contributed by atoms with Crippen molar-refractivity contribution in [1.29, 1.82) is 0 Å². The number of nitrogens with two attached hydrogens (primary N) is 2. The molecule has 2 aromatic rings. The first kappa shape index (κ1) is 17.4. The van der Waals surface area contributed by atoms with Gasteiger partial charge in [0, 0.05) is 24.6 Å². The van der Waals surface area contributed by atoms with E-state index in [0.717, 1.165) is 31.0 Å². The maximum atomic E-state index is 6.26. The van der Waals surface area contributed by atoms with Crippen LogP contribution >= 0.6 is 0 Å². The number of benzene rings is 2. The lowest BCUT2D eigenvalue weighted by Crippen LogP contribution is -2.39. The Kier molecular flexibility index (Phi) is 5.66. The minimum Gasteiger partial charge on any atom is -0.490 e. The van der Waals surface area contributed by atoms with Crippen molar-refractivity contribution in [3.05, 3.63) is 42.5 Å². The molecule has 2 aromatic carbocycles. The van der Waals surface area contributed by atoms with Gasteiger partial charge in [-0.2, -0.15) is 0 Å². The average molecular weight is 341 g/mol. The van der Waals surface area contributed by atoms with Crippen molar-refractivity contribution in [3.63, 3.8) is 0 Å². The van der Waals surface area contributed by atoms with Gasteiger partial charge in [0.15, 0.2) is 0 Å². The number of nitrogens with one attached hydrogen (secondary N) is 1. The molecular weight excluding hydrogens is 314 g/mol. The number of nitrogen functional groups attached to an aromatic ring is 2. The number of rotatable bonds is 6. The molecule has 3 rings (SSSR count). The summed E-state index contributed by atoms with van der Waals surface area (Å²) in [7, 11) is 0. The van der Waals surface area contributed by atoms with Gasteiger partial charge in [0.1, 0.15) is 23.4 Å². The van der Waals surface area contributed by atoms with Crippen LogP contribution < -0.4 is 26.3 Å². The van der Waals surface area contributed by atoms with E-state index in [2.05, 4.69) is 12.2 Å². The molecule has 0 bridgehead atoms. The normalized spacial score (nSPS) is 18.5. The van der Waals surface area contributed by atoms with Gasteiger partial charge in [0.2, 0.25) is 0 Å². The van der Waals surface area contributed by atoms with E-state index < -0.39 is 0 Å². The Hall–Kier alpha value is -2.40. The molecule has 1 aliphatic rings. The SMILES string of the molecule is CCC(Oc1cccc(Oc2ccc(N)c(N)c2)c1)C1CCCNC1. The van der Waals surface area contributed by atoms with Gasteiger partial charge in [-0.1, -0.05) is 13.0 Å². The second-order valence-electron chi connectivity index (χ2n) is 6.54. The van der Waals surface area contributed by atoms with Crippen molar-refractivity contribution < 1.29 is 9.47 Å². The van der Waals surface area contributed by atoms with Gasteiger partial charge in [0.25, 0.3) is 0 Å². The molecule has 5 heteroatoms. The molecule has 134 valence electrons. The van der Waals surface area contributed by atoms with Crippen molar-refractivity contribution in [3.8, 4) is 17.2 Å². The first-order valence-corrected chi connectivity index (χ1v) is 8.96. The predicted molar refractivity (Wildman–Crippen MR) is 102 cm³/mol. The lowest BCUT2D eigenvalue weighted by atomic mass is 9.92. The number of ether oxygens (including phenoxy) is 2. The molecular formula is C20H27N3O2. The molecule has 0 spiro atoms. The highest BCUT2D eigenvalue weighted by Gasteiger charge is 2.23. The van der Waals surface area contributed by atoms with Crippen molar-refractivity contribution in [1.82, 2.24) is 5.32 Å². The van der Waals surface area contributed by atoms with Crippen LogP contribution in [0.15, 0.2) is 42.5 Å². The molecule has 1 aliphatic heterocycles. The average Bonchev–Trinajstić information content (AvgIpc) is 2.64. The third-order valence-electron chi connectivity index (χ3n) is 4.65. The van der Waals surface area contributed by atoms with Gasteiger partial charge in [-0.15, -0.1) is 0 Å². The van der Waals surface area contributed by atoms with Crippen LogP contribution in [0, 0.1) is 5.92 Å². The van der Waals surface area contributed by atoms with Crippen molar-refractivity contribution in [2.75, 3.05) is 24.6 Å². The van der Waals surface area contributed by atoms with E-state index in [4.69, 9.17) is 20.9 Å². The molecule has 0 saturated carbocycles. The van der Waals surface area contributed by atoms with Crippen LogP contribution in [-0.4, -0.2) is 19.2 Å². The van der Waals surface area contributed by atoms with Gasteiger partial charge < -0.3 is 26.3 Å². The minimum absolute atomic E-state index is 0.218. The molecule has 0 amide bonds. The smallest absolute Gasteiger partial charge is 0.131 e. The molecule has 2 unspecified atom stereocenters. The number of anilines is 2. The molecule has 5 nitrogen and oxygen atoms in total. The quantitative estimate of drug-likeness (QED) is 0.696. The lowest BCUT2D eigenvalue weighted by molar-refractivity contribution is 0.111. The predicted octanol–water partition coefficient (Wildman–Crippen LogP) is 3.80. The zero-order chi connectivity index (χ0) is 17.6. The Labute approximate surface area is 149 Å². The first-order valence-electron chi connectivity index (χ1n) is 8.96. The molecule has 0 aromatic heterocycles. The summed E-state index contributed by atoms with van der Waals surface area (Å²) < 4.78 is 12.1. The maximum Gasteiger partial charge on any atom is 0.131 e. The van der Waals surface area contributed by atoms with Gasteiger partial charge in [-0.25, -0.2) is 0 Å². The summed E-state index contributed by atoms with van der Waals surface area (Å²) in [5.41, 5.74) is 12.6. The van der Waals surface area contributed by atoms with Crippen LogP contribution in [0.2, 0.25) is 0 Å². The summed E-state index contributed by atoms with van der Waals surface area (Å²) in [6, 6.07) is 13.0. The molecule has 2 atom stereocenters. The van der Waals surface area contributed by atoms with Gasteiger partial charge >= 0.3 is 0 Å².